The molecule has 1 saturated heterocycles. The summed E-state index contributed by atoms with van der Waals surface area (Å²) in [6.07, 6.45) is 1.48. The van der Waals surface area contributed by atoms with Gasteiger partial charge in [-0.2, -0.15) is 0 Å². The van der Waals surface area contributed by atoms with Crippen molar-refractivity contribution in [2.45, 2.75) is 33.2 Å². The van der Waals surface area contributed by atoms with Crippen LogP contribution in [-0.2, 0) is 16.1 Å². The van der Waals surface area contributed by atoms with Crippen LogP contribution in [0.3, 0.4) is 0 Å². The minimum atomic E-state index is -0.00294. The number of methoxy groups -OCH3 is 1. The van der Waals surface area contributed by atoms with E-state index < -0.39 is 0 Å². The number of piperidine rings is 1. The predicted molar refractivity (Wildman–Crippen MR) is 89.0 cm³/mol. The standard InChI is InChI=1S/C18H26N2O3/c1-13(2)18(22)20-9-7-15(8-10-20)17(21)19-12-14-5-4-6-16(11-14)23-3/h4-6,11,13,15H,7-10,12H2,1-3H3,(H,19,21). The Kier molecular flexibility index (Phi) is 6.02. The molecule has 1 heterocycles. The fourth-order valence-corrected chi connectivity index (χ4v) is 2.84. The van der Waals surface area contributed by atoms with Gasteiger partial charge < -0.3 is 15.0 Å². The van der Waals surface area contributed by atoms with Crippen molar-refractivity contribution in [2.24, 2.45) is 11.8 Å². The number of benzene rings is 1. The smallest absolute Gasteiger partial charge is 0.225 e. The molecule has 1 aromatic rings. The third-order valence-corrected chi connectivity index (χ3v) is 4.27. The van der Waals surface area contributed by atoms with Crippen molar-refractivity contribution in [1.82, 2.24) is 10.2 Å². The molecule has 5 nitrogen and oxygen atoms in total. The van der Waals surface area contributed by atoms with Gasteiger partial charge in [0.2, 0.25) is 11.8 Å². The highest BCUT2D eigenvalue weighted by Crippen LogP contribution is 2.19. The molecule has 0 spiro atoms. The monoisotopic (exact) mass is 318 g/mol. The molecule has 0 radical (unpaired) electrons. The molecule has 23 heavy (non-hydrogen) atoms. The van der Waals surface area contributed by atoms with Crippen LogP contribution in [0.25, 0.3) is 0 Å². The number of nitrogens with zero attached hydrogens (tertiary/aromatic N) is 1. The first-order valence-corrected chi connectivity index (χ1v) is 8.20. The third-order valence-electron chi connectivity index (χ3n) is 4.27. The van der Waals surface area contributed by atoms with Crippen LogP contribution in [0.1, 0.15) is 32.3 Å². The number of hydrogen-bond acceptors (Lipinski definition) is 3. The quantitative estimate of drug-likeness (QED) is 0.905. The average molecular weight is 318 g/mol. The Bertz CT molecular complexity index is 549. The second kappa shape index (κ2) is 7.99. The Labute approximate surface area is 138 Å². The predicted octanol–water partition coefficient (Wildman–Crippen LogP) is 2.21. The van der Waals surface area contributed by atoms with Gasteiger partial charge in [0.1, 0.15) is 5.75 Å². The van der Waals surface area contributed by atoms with Gasteiger partial charge in [-0.3, -0.25) is 9.59 Å². The van der Waals surface area contributed by atoms with Gasteiger partial charge in [-0.05, 0) is 30.5 Å². The van der Waals surface area contributed by atoms with Gasteiger partial charge in [0.05, 0.1) is 7.11 Å². The number of likely N-dealkylation sites (tertiary alicyclic amines) is 1. The summed E-state index contributed by atoms with van der Waals surface area (Å²) < 4.78 is 5.18. The Morgan fingerprint density at radius 3 is 2.61 bits per heavy atom. The lowest BCUT2D eigenvalue weighted by Gasteiger charge is -2.32. The minimum Gasteiger partial charge on any atom is -0.497 e. The average Bonchev–Trinajstić information content (AvgIpc) is 2.59. The molecule has 126 valence electrons. The summed E-state index contributed by atoms with van der Waals surface area (Å²) >= 11 is 0. The van der Waals surface area contributed by atoms with Crippen molar-refractivity contribution >= 4 is 11.8 Å². The molecule has 0 aromatic heterocycles. The van der Waals surface area contributed by atoms with Gasteiger partial charge >= 0.3 is 0 Å². The fourth-order valence-electron chi connectivity index (χ4n) is 2.84. The summed E-state index contributed by atoms with van der Waals surface area (Å²) in [5.41, 5.74) is 1.02. The molecule has 2 rings (SSSR count). The van der Waals surface area contributed by atoms with Gasteiger partial charge in [0, 0.05) is 31.5 Å². The van der Waals surface area contributed by atoms with E-state index in [1.165, 1.54) is 0 Å². The van der Waals surface area contributed by atoms with Crippen molar-refractivity contribution in [1.29, 1.82) is 0 Å². The van der Waals surface area contributed by atoms with Crippen LogP contribution < -0.4 is 10.1 Å². The Hall–Kier alpha value is -2.04. The first-order valence-electron chi connectivity index (χ1n) is 8.20. The van der Waals surface area contributed by atoms with E-state index in [-0.39, 0.29) is 23.7 Å². The van der Waals surface area contributed by atoms with E-state index in [1.807, 2.05) is 43.0 Å². The first kappa shape index (κ1) is 17.3. The highest BCUT2D eigenvalue weighted by molar-refractivity contribution is 5.80. The van der Waals surface area contributed by atoms with E-state index in [4.69, 9.17) is 4.74 Å². The van der Waals surface area contributed by atoms with Crippen molar-refractivity contribution in [3.05, 3.63) is 29.8 Å². The van der Waals surface area contributed by atoms with Gasteiger partial charge in [0.25, 0.3) is 0 Å². The van der Waals surface area contributed by atoms with E-state index in [0.29, 0.717) is 19.6 Å². The van der Waals surface area contributed by atoms with Crippen LogP contribution in [-0.4, -0.2) is 36.9 Å². The Morgan fingerprint density at radius 1 is 1.30 bits per heavy atom. The summed E-state index contributed by atoms with van der Waals surface area (Å²) in [4.78, 5) is 26.1. The second-order valence-electron chi connectivity index (χ2n) is 6.32. The van der Waals surface area contributed by atoms with Crippen molar-refractivity contribution in [3.8, 4) is 5.75 Å². The van der Waals surface area contributed by atoms with E-state index in [0.717, 1.165) is 24.2 Å². The van der Waals surface area contributed by atoms with Crippen molar-refractivity contribution in [2.75, 3.05) is 20.2 Å². The minimum absolute atomic E-state index is 0.00294. The number of carbonyl (C=O) groups excluding carboxylic acids is 2. The summed E-state index contributed by atoms with van der Waals surface area (Å²) in [6, 6.07) is 7.68. The molecule has 0 aliphatic carbocycles. The normalized spacial score (nSPS) is 15.6. The van der Waals surface area contributed by atoms with E-state index in [1.54, 1.807) is 7.11 Å². The number of amides is 2. The SMILES string of the molecule is COc1cccc(CNC(=O)C2CCN(C(=O)C(C)C)CC2)c1. The lowest BCUT2D eigenvalue weighted by Crippen LogP contribution is -2.44. The largest absolute Gasteiger partial charge is 0.497 e. The zero-order chi connectivity index (χ0) is 16.8. The van der Waals surface area contributed by atoms with Crippen LogP contribution in [0, 0.1) is 11.8 Å². The number of hydrogen-bond donors (Lipinski definition) is 1. The third kappa shape index (κ3) is 4.71. The van der Waals surface area contributed by atoms with Crippen LogP contribution in [0.5, 0.6) is 5.75 Å². The van der Waals surface area contributed by atoms with Gasteiger partial charge in [-0.25, -0.2) is 0 Å². The Balaban J connectivity index is 1.80. The zero-order valence-electron chi connectivity index (χ0n) is 14.2. The van der Waals surface area contributed by atoms with Crippen molar-refractivity contribution < 1.29 is 14.3 Å². The molecule has 2 amide bonds. The van der Waals surface area contributed by atoms with Gasteiger partial charge in [-0.1, -0.05) is 26.0 Å². The molecule has 1 aliphatic rings. The molecule has 1 aliphatic heterocycles. The Morgan fingerprint density at radius 2 is 2.00 bits per heavy atom. The number of carbonyl (C=O) groups is 2. The number of rotatable bonds is 5. The van der Waals surface area contributed by atoms with Crippen LogP contribution in [0.2, 0.25) is 0 Å². The molecule has 0 atom stereocenters. The van der Waals surface area contributed by atoms with Gasteiger partial charge in [0.15, 0.2) is 0 Å². The van der Waals surface area contributed by atoms with Crippen LogP contribution in [0.4, 0.5) is 0 Å². The number of nitrogens with one attached hydrogen (secondary N) is 1. The molecular weight excluding hydrogens is 292 g/mol. The van der Waals surface area contributed by atoms with Gasteiger partial charge in [-0.15, -0.1) is 0 Å². The van der Waals surface area contributed by atoms with E-state index in [9.17, 15) is 9.59 Å². The van der Waals surface area contributed by atoms with Crippen LogP contribution in [0.15, 0.2) is 24.3 Å². The second-order valence-corrected chi connectivity index (χ2v) is 6.32. The molecule has 5 heteroatoms. The fraction of sp³-hybridized carbons (Fsp3) is 0.556. The molecule has 1 fully saturated rings. The zero-order valence-corrected chi connectivity index (χ0v) is 14.2. The lowest BCUT2D eigenvalue weighted by molar-refractivity contribution is -0.138. The van der Waals surface area contributed by atoms with Crippen molar-refractivity contribution in [3.63, 3.8) is 0 Å². The maximum atomic E-state index is 12.3. The highest BCUT2D eigenvalue weighted by Gasteiger charge is 2.27. The van der Waals surface area contributed by atoms with Crippen LogP contribution >= 0.6 is 0 Å². The lowest BCUT2D eigenvalue weighted by atomic mass is 9.95. The molecule has 0 bridgehead atoms. The maximum Gasteiger partial charge on any atom is 0.225 e. The molecule has 1 aromatic carbocycles. The summed E-state index contributed by atoms with van der Waals surface area (Å²) in [5.74, 6) is 1.06. The molecule has 0 saturated carbocycles. The van der Waals surface area contributed by atoms with E-state index >= 15 is 0 Å². The molecule has 1 N–H and O–H groups in total. The highest BCUT2D eigenvalue weighted by atomic mass is 16.5. The molecule has 0 unspecified atom stereocenters. The maximum absolute atomic E-state index is 12.3. The summed E-state index contributed by atoms with van der Waals surface area (Å²) in [7, 11) is 1.63. The first-order chi connectivity index (χ1) is 11.0. The summed E-state index contributed by atoms with van der Waals surface area (Å²) in [6.45, 7) is 5.67. The summed E-state index contributed by atoms with van der Waals surface area (Å²) in [5, 5.41) is 2.99. The molecular formula is C18H26N2O3. The number of ether oxygens (including phenoxy) is 1. The van der Waals surface area contributed by atoms with E-state index in [2.05, 4.69) is 5.32 Å². The topological polar surface area (TPSA) is 58.6 Å².